The highest BCUT2D eigenvalue weighted by Crippen LogP contribution is 2.45. The molecule has 114 valence electrons. The molecule has 1 heterocycles. The monoisotopic (exact) mass is 340 g/mol. The summed E-state index contributed by atoms with van der Waals surface area (Å²) in [6.45, 7) is 10.5. The summed E-state index contributed by atoms with van der Waals surface area (Å²) in [6.07, 6.45) is 10.4. The minimum Gasteiger partial charge on any atom is -0.335 e. The van der Waals surface area contributed by atoms with Crippen molar-refractivity contribution in [3.8, 4) is 0 Å². The van der Waals surface area contributed by atoms with Crippen molar-refractivity contribution >= 4 is 15.9 Å². The molecule has 1 aliphatic rings. The summed E-state index contributed by atoms with van der Waals surface area (Å²) in [6, 6.07) is 0. The van der Waals surface area contributed by atoms with E-state index in [9.17, 15) is 0 Å². The number of nitrogens with zero attached hydrogens (tertiary/aromatic N) is 2. The SMILES string of the molecule is CCCn1ccnc1CC(C)(C)C1CCC(C)CC1Br. The molecule has 0 aromatic carbocycles. The number of halogens is 1. The number of hydrogen-bond acceptors (Lipinski definition) is 1. The van der Waals surface area contributed by atoms with Crippen LogP contribution in [-0.2, 0) is 13.0 Å². The Morgan fingerprint density at radius 3 is 2.80 bits per heavy atom. The van der Waals surface area contributed by atoms with Crippen LogP contribution in [0.5, 0.6) is 0 Å². The van der Waals surface area contributed by atoms with Gasteiger partial charge in [-0.2, -0.15) is 0 Å². The van der Waals surface area contributed by atoms with Gasteiger partial charge in [-0.1, -0.05) is 50.0 Å². The van der Waals surface area contributed by atoms with Gasteiger partial charge in [0.2, 0.25) is 0 Å². The van der Waals surface area contributed by atoms with Crippen LogP contribution in [0.3, 0.4) is 0 Å². The third kappa shape index (κ3) is 3.66. The first-order chi connectivity index (χ1) is 9.44. The normalized spacial score (nSPS) is 27.8. The lowest BCUT2D eigenvalue weighted by molar-refractivity contribution is 0.143. The van der Waals surface area contributed by atoms with Crippen molar-refractivity contribution in [3.63, 3.8) is 0 Å². The standard InChI is InChI=1S/C17H29BrN2/c1-5-9-20-10-8-19-16(20)12-17(3,4)14-7-6-13(2)11-15(14)18/h8,10,13-15H,5-7,9,11-12H2,1-4H3. The Labute approximate surface area is 132 Å². The van der Waals surface area contributed by atoms with Crippen LogP contribution >= 0.6 is 15.9 Å². The van der Waals surface area contributed by atoms with Gasteiger partial charge in [-0.05, 0) is 36.5 Å². The number of rotatable bonds is 5. The summed E-state index contributed by atoms with van der Waals surface area (Å²) < 4.78 is 2.33. The molecular formula is C17H29BrN2. The van der Waals surface area contributed by atoms with Gasteiger partial charge in [0.15, 0.2) is 0 Å². The quantitative estimate of drug-likeness (QED) is 0.685. The molecule has 0 aliphatic heterocycles. The fourth-order valence-electron chi connectivity index (χ4n) is 3.68. The van der Waals surface area contributed by atoms with Gasteiger partial charge in [-0.15, -0.1) is 0 Å². The summed E-state index contributed by atoms with van der Waals surface area (Å²) in [4.78, 5) is 5.27. The van der Waals surface area contributed by atoms with E-state index < -0.39 is 0 Å². The van der Waals surface area contributed by atoms with E-state index in [0.717, 1.165) is 24.8 Å². The van der Waals surface area contributed by atoms with Crippen LogP contribution in [0.25, 0.3) is 0 Å². The average molecular weight is 341 g/mol. The highest BCUT2D eigenvalue weighted by atomic mass is 79.9. The molecule has 0 radical (unpaired) electrons. The maximum absolute atomic E-state index is 4.60. The highest BCUT2D eigenvalue weighted by Gasteiger charge is 2.38. The van der Waals surface area contributed by atoms with E-state index in [1.165, 1.54) is 31.5 Å². The Kier molecular flexibility index (Phi) is 5.33. The van der Waals surface area contributed by atoms with E-state index in [0.29, 0.717) is 10.2 Å². The van der Waals surface area contributed by atoms with Crippen molar-refractivity contribution in [2.24, 2.45) is 17.3 Å². The maximum Gasteiger partial charge on any atom is 0.109 e. The average Bonchev–Trinajstić information content (AvgIpc) is 2.76. The predicted octanol–water partition coefficient (Wildman–Crippen LogP) is 5.06. The molecule has 0 bridgehead atoms. The summed E-state index contributed by atoms with van der Waals surface area (Å²) in [5.41, 5.74) is 0.311. The first kappa shape index (κ1) is 16.1. The van der Waals surface area contributed by atoms with E-state index in [1.54, 1.807) is 0 Å². The van der Waals surface area contributed by atoms with Gasteiger partial charge in [0.05, 0.1) is 0 Å². The third-order valence-corrected chi connectivity index (χ3v) is 5.93. The van der Waals surface area contributed by atoms with Crippen LogP contribution < -0.4 is 0 Å². The van der Waals surface area contributed by atoms with Crippen LogP contribution in [-0.4, -0.2) is 14.4 Å². The molecule has 0 spiro atoms. The van der Waals surface area contributed by atoms with Gasteiger partial charge in [-0.3, -0.25) is 0 Å². The molecule has 3 heteroatoms. The van der Waals surface area contributed by atoms with E-state index in [-0.39, 0.29) is 0 Å². The molecule has 1 aliphatic carbocycles. The van der Waals surface area contributed by atoms with Crippen molar-refractivity contribution in [2.75, 3.05) is 0 Å². The van der Waals surface area contributed by atoms with Gasteiger partial charge in [-0.25, -0.2) is 4.98 Å². The molecule has 20 heavy (non-hydrogen) atoms. The van der Waals surface area contributed by atoms with E-state index in [1.807, 2.05) is 6.20 Å². The van der Waals surface area contributed by atoms with Gasteiger partial charge in [0.1, 0.15) is 5.82 Å². The highest BCUT2D eigenvalue weighted by molar-refractivity contribution is 9.09. The van der Waals surface area contributed by atoms with Crippen molar-refractivity contribution in [1.29, 1.82) is 0 Å². The van der Waals surface area contributed by atoms with Gasteiger partial charge in [0.25, 0.3) is 0 Å². The largest absolute Gasteiger partial charge is 0.335 e. The van der Waals surface area contributed by atoms with Gasteiger partial charge in [0, 0.05) is 30.2 Å². The molecule has 0 N–H and O–H groups in total. The first-order valence-corrected chi connectivity index (χ1v) is 8.99. The fourth-order valence-corrected chi connectivity index (χ4v) is 5.30. The third-order valence-electron chi connectivity index (χ3n) is 4.92. The molecule has 2 rings (SSSR count). The lowest BCUT2D eigenvalue weighted by Crippen LogP contribution is -2.37. The fraction of sp³-hybridized carbons (Fsp3) is 0.824. The Hall–Kier alpha value is -0.310. The molecule has 1 aromatic rings. The van der Waals surface area contributed by atoms with Crippen molar-refractivity contribution in [1.82, 2.24) is 9.55 Å². The zero-order valence-corrected chi connectivity index (χ0v) is 15.0. The second-order valence-corrected chi connectivity index (χ2v) is 8.42. The number of alkyl halides is 1. The van der Waals surface area contributed by atoms with E-state index in [4.69, 9.17) is 0 Å². The summed E-state index contributed by atoms with van der Waals surface area (Å²) in [7, 11) is 0. The molecule has 1 saturated carbocycles. The molecule has 0 saturated heterocycles. The Morgan fingerprint density at radius 2 is 2.15 bits per heavy atom. The predicted molar refractivity (Wildman–Crippen MR) is 89.2 cm³/mol. The van der Waals surface area contributed by atoms with Crippen LogP contribution in [0.1, 0.15) is 59.2 Å². The maximum atomic E-state index is 4.60. The van der Waals surface area contributed by atoms with Crippen molar-refractivity contribution < 1.29 is 0 Å². The second-order valence-electron chi connectivity index (χ2n) is 7.24. The lowest BCUT2D eigenvalue weighted by atomic mass is 9.67. The summed E-state index contributed by atoms with van der Waals surface area (Å²) in [5.74, 6) is 2.88. The molecule has 1 aromatic heterocycles. The molecule has 3 unspecified atom stereocenters. The van der Waals surface area contributed by atoms with Gasteiger partial charge < -0.3 is 4.57 Å². The number of imidazole rings is 1. The molecule has 1 fully saturated rings. The van der Waals surface area contributed by atoms with E-state index >= 15 is 0 Å². The topological polar surface area (TPSA) is 17.8 Å². The zero-order valence-electron chi connectivity index (χ0n) is 13.4. The number of aryl methyl sites for hydroxylation is 1. The van der Waals surface area contributed by atoms with Gasteiger partial charge >= 0.3 is 0 Å². The number of aromatic nitrogens is 2. The minimum absolute atomic E-state index is 0.311. The summed E-state index contributed by atoms with van der Waals surface area (Å²) >= 11 is 3.96. The van der Waals surface area contributed by atoms with Crippen molar-refractivity contribution in [3.05, 3.63) is 18.2 Å². The smallest absolute Gasteiger partial charge is 0.109 e. The van der Waals surface area contributed by atoms with Crippen molar-refractivity contribution in [2.45, 2.75) is 71.2 Å². The van der Waals surface area contributed by atoms with Crippen LogP contribution in [0, 0.1) is 17.3 Å². The first-order valence-electron chi connectivity index (χ1n) is 8.08. The second kappa shape index (κ2) is 6.64. The van der Waals surface area contributed by atoms with Crippen LogP contribution in [0.2, 0.25) is 0 Å². The minimum atomic E-state index is 0.311. The number of hydrogen-bond donors (Lipinski definition) is 0. The lowest BCUT2D eigenvalue weighted by Gasteiger charge is -2.42. The van der Waals surface area contributed by atoms with Crippen LogP contribution in [0.15, 0.2) is 12.4 Å². The zero-order chi connectivity index (χ0) is 14.8. The Morgan fingerprint density at radius 1 is 1.40 bits per heavy atom. The molecular weight excluding hydrogens is 312 g/mol. The van der Waals surface area contributed by atoms with E-state index in [2.05, 4.69) is 59.4 Å². The molecule has 2 nitrogen and oxygen atoms in total. The summed E-state index contributed by atoms with van der Waals surface area (Å²) in [5, 5.41) is 0. The molecule has 3 atom stereocenters. The Bertz CT molecular complexity index is 424. The Balaban J connectivity index is 2.08. The molecule has 0 amide bonds. The van der Waals surface area contributed by atoms with Crippen LogP contribution in [0.4, 0.5) is 0 Å².